The molecule has 0 spiro atoms. The minimum Gasteiger partial charge on any atom is -0.395 e. The standard InChI is InChI=1S/C12H20N4O/c13-10-11-12(2-1-3-14-11)16-6-4-15(5-7-16)8-9-17/h1-3,17H,4-10,13H2. The molecule has 17 heavy (non-hydrogen) atoms. The molecule has 1 aromatic rings. The second-order valence-corrected chi connectivity index (χ2v) is 4.23. The Balaban J connectivity index is 2.00. The highest BCUT2D eigenvalue weighted by molar-refractivity contribution is 5.50. The van der Waals surface area contributed by atoms with Crippen LogP contribution in [0.5, 0.6) is 0 Å². The van der Waals surface area contributed by atoms with Gasteiger partial charge in [-0.15, -0.1) is 0 Å². The van der Waals surface area contributed by atoms with Crippen LogP contribution >= 0.6 is 0 Å². The number of hydrogen-bond acceptors (Lipinski definition) is 5. The van der Waals surface area contributed by atoms with E-state index in [1.165, 1.54) is 0 Å². The van der Waals surface area contributed by atoms with Gasteiger partial charge in [-0.25, -0.2) is 0 Å². The van der Waals surface area contributed by atoms with Crippen LogP contribution < -0.4 is 10.6 Å². The molecule has 0 aromatic carbocycles. The molecule has 3 N–H and O–H groups in total. The lowest BCUT2D eigenvalue weighted by molar-refractivity contribution is 0.188. The first kappa shape index (κ1) is 12.3. The number of pyridine rings is 1. The van der Waals surface area contributed by atoms with Gasteiger partial charge in [0.15, 0.2) is 0 Å². The van der Waals surface area contributed by atoms with Crippen molar-refractivity contribution in [3.8, 4) is 0 Å². The summed E-state index contributed by atoms with van der Waals surface area (Å²) in [5.74, 6) is 0. The molecule has 5 nitrogen and oxygen atoms in total. The van der Waals surface area contributed by atoms with Crippen molar-refractivity contribution < 1.29 is 5.11 Å². The number of aliphatic hydroxyl groups is 1. The Kier molecular flexibility index (Phi) is 4.30. The smallest absolute Gasteiger partial charge is 0.0772 e. The second kappa shape index (κ2) is 5.95. The molecule has 2 heterocycles. The summed E-state index contributed by atoms with van der Waals surface area (Å²) in [5.41, 5.74) is 7.81. The monoisotopic (exact) mass is 236 g/mol. The van der Waals surface area contributed by atoms with Crippen molar-refractivity contribution in [2.45, 2.75) is 6.54 Å². The van der Waals surface area contributed by atoms with Crippen molar-refractivity contribution >= 4 is 5.69 Å². The Hall–Kier alpha value is -1.17. The van der Waals surface area contributed by atoms with Crippen LogP contribution in [0.1, 0.15) is 5.69 Å². The molecular weight excluding hydrogens is 216 g/mol. The number of rotatable bonds is 4. The zero-order chi connectivity index (χ0) is 12.1. The molecule has 0 unspecified atom stereocenters. The summed E-state index contributed by atoms with van der Waals surface area (Å²) < 4.78 is 0. The fraction of sp³-hybridized carbons (Fsp3) is 0.583. The van der Waals surface area contributed by atoms with Gasteiger partial charge in [0.2, 0.25) is 0 Å². The maximum atomic E-state index is 8.90. The minimum atomic E-state index is 0.237. The van der Waals surface area contributed by atoms with Gasteiger partial charge in [0.25, 0.3) is 0 Å². The number of nitrogens with two attached hydrogens (primary N) is 1. The third kappa shape index (κ3) is 2.94. The topological polar surface area (TPSA) is 65.6 Å². The molecule has 1 saturated heterocycles. The van der Waals surface area contributed by atoms with E-state index in [9.17, 15) is 0 Å². The van der Waals surface area contributed by atoms with Crippen LogP contribution in [-0.4, -0.2) is 54.3 Å². The summed E-state index contributed by atoms with van der Waals surface area (Å²) in [7, 11) is 0. The molecule has 0 atom stereocenters. The molecule has 1 aliphatic heterocycles. The molecule has 0 saturated carbocycles. The minimum absolute atomic E-state index is 0.237. The zero-order valence-electron chi connectivity index (χ0n) is 10.0. The van der Waals surface area contributed by atoms with Crippen LogP contribution in [0.3, 0.4) is 0 Å². The van der Waals surface area contributed by atoms with Gasteiger partial charge in [0.05, 0.1) is 18.0 Å². The highest BCUT2D eigenvalue weighted by Gasteiger charge is 2.18. The predicted molar refractivity (Wildman–Crippen MR) is 67.9 cm³/mol. The average molecular weight is 236 g/mol. The fourth-order valence-corrected chi connectivity index (χ4v) is 2.23. The van der Waals surface area contributed by atoms with Gasteiger partial charge in [-0.05, 0) is 12.1 Å². The highest BCUT2D eigenvalue weighted by Crippen LogP contribution is 2.19. The van der Waals surface area contributed by atoms with Crippen LogP contribution in [0.4, 0.5) is 5.69 Å². The van der Waals surface area contributed by atoms with Crippen LogP contribution in [-0.2, 0) is 6.54 Å². The molecule has 94 valence electrons. The van der Waals surface area contributed by atoms with E-state index < -0.39 is 0 Å². The lowest BCUT2D eigenvalue weighted by Gasteiger charge is -2.36. The number of aromatic nitrogens is 1. The largest absolute Gasteiger partial charge is 0.395 e. The molecule has 0 radical (unpaired) electrons. The third-order valence-corrected chi connectivity index (χ3v) is 3.19. The number of aliphatic hydroxyl groups excluding tert-OH is 1. The second-order valence-electron chi connectivity index (χ2n) is 4.23. The normalized spacial score (nSPS) is 17.4. The first-order valence-corrected chi connectivity index (χ1v) is 6.07. The number of hydrogen-bond donors (Lipinski definition) is 2. The van der Waals surface area contributed by atoms with Gasteiger partial charge >= 0.3 is 0 Å². The van der Waals surface area contributed by atoms with E-state index in [2.05, 4.69) is 20.9 Å². The molecule has 1 aromatic heterocycles. The lowest BCUT2D eigenvalue weighted by Crippen LogP contribution is -2.47. The van der Waals surface area contributed by atoms with E-state index >= 15 is 0 Å². The van der Waals surface area contributed by atoms with E-state index in [0.29, 0.717) is 6.54 Å². The van der Waals surface area contributed by atoms with Gasteiger partial charge in [0, 0.05) is 45.5 Å². The quantitative estimate of drug-likeness (QED) is 0.748. The number of anilines is 1. The molecule has 1 aliphatic rings. The summed E-state index contributed by atoms with van der Waals surface area (Å²) in [6.07, 6.45) is 1.79. The summed E-state index contributed by atoms with van der Waals surface area (Å²) in [6, 6.07) is 4.03. The van der Waals surface area contributed by atoms with E-state index in [0.717, 1.165) is 44.1 Å². The van der Waals surface area contributed by atoms with Crippen molar-refractivity contribution in [3.05, 3.63) is 24.0 Å². The highest BCUT2D eigenvalue weighted by atomic mass is 16.3. The van der Waals surface area contributed by atoms with Crippen LogP contribution in [0.2, 0.25) is 0 Å². The maximum absolute atomic E-state index is 8.90. The molecule has 1 fully saturated rings. The number of nitrogens with zero attached hydrogens (tertiary/aromatic N) is 3. The maximum Gasteiger partial charge on any atom is 0.0772 e. The van der Waals surface area contributed by atoms with E-state index in [4.69, 9.17) is 10.8 Å². The molecular formula is C12H20N4O. The van der Waals surface area contributed by atoms with Crippen LogP contribution in [0.15, 0.2) is 18.3 Å². The Morgan fingerprint density at radius 1 is 1.29 bits per heavy atom. The Labute approximate surface area is 102 Å². The van der Waals surface area contributed by atoms with Crippen LogP contribution in [0, 0.1) is 0 Å². The Bertz CT molecular complexity index is 350. The van der Waals surface area contributed by atoms with E-state index in [-0.39, 0.29) is 6.61 Å². The summed E-state index contributed by atoms with van der Waals surface area (Å²) >= 11 is 0. The van der Waals surface area contributed by atoms with Gasteiger partial charge in [-0.3, -0.25) is 9.88 Å². The van der Waals surface area contributed by atoms with Gasteiger partial charge in [-0.2, -0.15) is 0 Å². The Morgan fingerprint density at radius 3 is 2.71 bits per heavy atom. The first-order chi connectivity index (χ1) is 8.35. The van der Waals surface area contributed by atoms with Gasteiger partial charge < -0.3 is 15.7 Å². The van der Waals surface area contributed by atoms with Gasteiger partial charge in [-0.1, -0.05) is 0 Å². The molecule has 0 aliphatic carbocycles. The average Bonchev–Trinajstić information content (AvgIpc) is 2.40. The van der Waals surface area contributed by atoms with E-state index in [1.54, 1.807) is 6.20 Å². The molecule has 0 bridgehead atoms. The first-order valence-electron chi connectivity index (χ1n) is 6.07. The third-order valence-electron chi connectivity index (χ3n) is 3.19. The van der Waals surface area contributed by atoms with Crippen molar-refractivity contribution in [1.82, 2.24) is 9.88 Å². The van der Waals surface area contributed by atoms with Crippen molar-refractivity contribution in [2.75, 3.05) is 44.2 Å². The summed E-state index contributed by atoms with van der Waals surface area (Å²) in [4.78, 5) is 8.90. The lowest BCUT2D eigenvalue weighted by atomic mass is 10.2. The number of piperazine rings is 1. The van der Waals surface area contributed by atoms with Crippen LogP contribution in [0.25, 0.3) is 0 Å². The predicted octanol–water partition coefficient (Wildman–Crippen LogP) is -0.345. The number of β-amino-alcohol motifs (C(OH)–C–C–N with tert-alkyl or cyclic N) is 1. The molecule has 5 heteroatoms. The Morgan fingerprint density at radius 2 is 2.06 bits per heavy atom. The van der Waals surface area contributed by atoms with Gasteiger partial charge in [0.1, 0.15) is 0 Å². The summed E-state index contributed by atoms with van der Waals surface area (Å²) in [6.45, 7) is 5.40. The molecule has 0 amide bonds. The molecule has 2 rings (SSSR count). The SMILES string of the molecule is NCc1ncccc1N1CCN(CCO)CC1. The summed E-state index contributed by atoms with van der Waals surface area (Å²) in [5, 5.41) is 8.90. The van der Waals surface area contributed by atoms with E-state index in [1.807, 2.05) is 6.07 Å². The van der Waals surface area contributed by atoms with Crippen molar-refractivity contribution in [1.29, 1.82) is 0 Å². The van der Waals surface area contributed by atoms with Crippen molar-refractivity contribution in [2.24, 2.45) is 5.73 Å². The zero-order valence-corrected chi connectivity index (χ0v) is 10.0. The fourth-order valence-electron chi connectivity index (χ4n) is 2.23. The van der Waals surface area contributed by atoms with Crippen molar-refractivity contribution in [3.63, 3.8) is 0 Å².